The van der Waals surface area contributed by atoms with Crippen molar-refractivity contribution in [3.05, 3.63) is 5.32 Å². The molecule has 0 N–H and O–H groups in total. The van der Waals surface area contributed by atoms with Crippen LogP contribution in [0.25, 0.3) is 5.32 Å². The second-order valence-corrected chi connectivity index (χ2v) is 5.52. The average Bonchev–Trinajstić information content (AvgIpc) is 2.57. The van der Waals surface area contributed by atoms with Crippen LogP contribution in [-0.4, -0.2) is 86.1 Å². The normalized spacial score (nSPS) is 19.9. The molecule has 1 radical (unpaired) electrons. The van der Waals surface area contributed by atoms with E-state index in [-0.39, 0.29) is 24.5 Å². The fourth-order valence-corrected chi connectivity index (χ4v) is 2.70. The summed E-state index contributed by atoms with van der Waals surface area (Å²) >= 11 is 0. The van der Waals surface area contributed by atoms with Gasteiger partial charge in [-0.25, -0.2) is 0 Å². The number of rotatable bonds is 5. The first-order valence-corrected chi connectivity index (χ1v) is 8.65. The summed E-state index contributed by atoms with van der Waals surface area (Å²) in [5, 5.41) is 4.28. The van der Waals surface area contributed by atoms with Crippen LogP contribution >= 0.6 is 0 Å². The van der Waals surface area contributed by atoms with Crippen LogP contribution in [0.2, 0.25) is 0 Å². The Bertz CT molecular complexity index is 277. The summed E-state index contributed by atoms with van der Waals surface area (Å²) in [6.45, 7) is 15.6. The van der Waals surface area contributed by atoms with Crippen molar-refractivity contribution in [1.29, 1.82) is 0 Å². The first kappa shape index (κ1) is 21.9. The molecule has 2 saturated heterocycles. The van der Waals surface area contributed by atoms with Crippen molar-refractivity contribution in [2.45, 2.75) is 33.6 Å². The molecule has 22 heavy (non-hydrogen) atoms. The summed E-state index contributed by atoms with van der Waals surface area (Å²) in [6, 6.07) is 0. The van der Waals surface area contributed by atoms with E-state index < -0.39 is 0 Å². The van der Waals surface area contributed by atoms with Crippen LogP contribution in [0.3, 0.4) is 0 Å². The van der Waals surface area contributed by atoms with E-state index in [1.54, 1.807) is 0 Å². The fraction of sp³-hybridized carbons (Fsp3) is 0.938. The molecule has 2 aliphatic heterocycles. The minimum absolute atomic E-state index is 0. The zero-order chi connectivity index (χ0) is 15.5. The molecule has 0 atom stereocenters. The molecule has 0 unspecified atom stereocenters. The standard InChI is InChI=1S/C14H27N4O.C2H6.V/c1-2-3-6-16-9-11-17(12-10-16)13-14(19)18-7-4-15-5-8-18;1-2;/h2-13H2,1H3;1-2H3;/q-1;;. The van der Waals surface area contributed by atoms with Gasteiger partial charge in [0.2, 0.25) is 5.91 Å². The fourth-order valence-electron chi connectivity index (χ4n) is 2.70. The maximum Gasteiger partial charge on any atom is 0.236 e. The Hall–Kier alpha value is -0.0656. The molecule has 1 amide bonds. The van der Waals surface area contributed by atoms with Gasteiger partial charge in [0.25, 0.3) is 0 Å². The Morgan fingerprint density at radius 2 is 1.50 bits per heavy atom. The first-order valence-electron chi connectivity index (χ1n) is 8.65. The number of carbonyl (C=O) groups excluding carboxylic acids is 1. The third-order valence-electron chi connectivity index (χ3n) is 4.06. The number of carbonyl (C=O) groups is 1. The molecule has 0 saturated carbocycles. The maximum atomic E-state index is 12.1. The van der Waals surface area contributed by atoms with Gasteiger partial charge in [-0.3, -0.25) is 9.69 Å². The molecule has 2 aliphatic rings. The van der Waals surface area contributed by atoms with Gasteiger partial charge >= 0.3 is 0 Å². The average molecular weight is 348 g/mol. The van der Waals surface area contributed by atoms with E-state index in [1.165, 1.54) is 19.4 Å². The molecule has 2 heterocycles. The predicted octanol–water partition coefficient (Wildman–Crippen LogP) is 1.64. The van der Waals surface area contributed by atoms with E-state index in [4.69, 9.17) is 0 Å². The molecule has 5 nitrogen and oxygen atoms in total. The minimum Gasteiger partial charge on any atom is -0.659 e. The van der Waals surface area contributed by atoms with Crippen LogP contribution in [-0.2, 0) is 23.4 Å². The molecule has 2 rings (SSSR count). The molecule has 0 spiro atoms. The van der Waals surface area contributed by atoms with Crippen LogP contribution < -0.4 is 0 Å². The number of hydrogen-bond acceptors (Lipinski definition) is 3. The molecule has 2 fully saturated rings. The van der Waals surface area contributed by atoms with Crippen molar-refractivity contribution in [3.8, 4) is 0 Å². The van der Waals surface area contributed by atoms with Gasteiger partial charge < -0.3 is 15.1 Å². The summed E-state index contributed by atoms with van der Waals surface area (Å²) in [6.07, 6.45) is 2.55. The van der Waals surface area contributed by atoms with Gasteiger partial charge in [0.05, 0.1) is 6.54 Å². The smallest absolute Gasteiger partial charge is 0.236 e. The van der Waals surface area contributed by atoms with Crippen molar-refractivity contribution in [3.63, 3.8) is 0 Å². The second-order valence-electron chi connectivity index (χ2n) is 5.52. The monoisotopic (exact) mass is 348 g/mol. The summed E-state index contributed by atoms with van der Waals surface area (Å²) in [5.41, 5.74) is 0. The summed E-state index contributed by atoms with van der Waals surface area (Å²) in [5.74, 6) is 0.289. The van der Waals surface area contributed by atoms with Crippen LogP contribution in [0.5, 0.6) is 0 Å². The Morgan fingerprint density at radius 3 is 2.05 bits per heavy atom. The quantitative estimate of drug-likeness (QED) is 0.759. The van der Waals surface area contributed by atoms with E-state index >= 15 is 0 Å². The maximum absolute atomic E-state index is 12.1. The van der Waals surface area contributed by atoms with Gasteiger partial charge in [0.15, 0.2) is 0 Å². The molecule has 129 valence electrons. The molecule has 6 heteroatoms. The van der Waals surface area contributed by atoms with E-state index in [2.05, 4.69) is 22.0 Å². The first-order chi connectivity index (χ1) is 10.3. The van der Waals surface area contributed by atoms with E-state index in [1.807, 2.05) is 18.7 Å². The largest absolute Gasteiger partial charge is 0.659 e. The third kappa shape index (κ3) is 7.98. The topological polar surface area (TPSA) is 40.9 Å². The zero-order valence-corrected chi connectivity index (χ0v) is 16.0. The van der Waals surface area contributed by atoms with Crippen molar-refractivity contribution >= 4 is 5.91 Å². The predicted molar refractivity (Wildman–Crippen MR) is 88.8 cm³/mol. The molecule has 0 aromatic carbocycles. The van der Waals surface area contributed by atoms with Crippen molar-refractivity contribution in [1.82, 2.24) is 14.7 Å². The van der Waals surface area contributed by atoms with E-state index in [9.17, 15) is 4.79 Å². The molecule has 0 aromatic heterocycles. The Labute approximate surface area is 148 Å². The zero-order valence-electron chi connectivity index (χ0n) is 14.6. The van der Waals surface area contributed by atoms with Gasteiger partial charge in [0, 0.05) is 57.8 Å². The number of unbranched alkanes of at least 4 members (excludes halogenated alkanes) is 1. The van der Waals surface area contributed by atoms with Crippen molar-refractivity contribution in [2.75, 3.05) is 65.4 Å². The van der Waals surface area contributed by atoms with Gasteiger partial charge in [-0.05, 0) is 13.0 Å². The summed E-state index contributed by atoms with van der Waals surface area (Å²) in [4.78, 5) is 18.9. The summed E-state index contributed by atoms with van der Waals surface area (Å²) in [7, 11) is 0. The number of nitrogens with zero attached hydrogens (tertiary/aromatic N) is 4. The van der Waals surface area contributed by atoms with Crippen LogP contribution in [0.4, 0.5) is 0 Å². The molecule has 0 aromatic rings. The third-order valence-corrected chi connectivity index (χ3v) is 4.06. The molecule has 0 aliphatic carbocycles. The van der Waals surface area contributed by atoms with Gasteiger partial charge in [-0.15, -0.1) is 13.1 Å². The number of hydrogen-bond donors (Lipinski definition) is 0. The Balaban J connectivity index is 0.00000141. The van der Waals surface area contributed by atoms with Gasteiger partial charge in [0.1, 0.15) is 0 Å². The SMILES string of the molecule is CC.CCCCN1CCN(CC(=O)N2CC[N-]CC2)CC1.[V]. The van der Waals surface area contributed by atoms with Crippen LogP contribution in [0.15, 0.2) is 0 Å². The van der Waals surface area contributed by atoms with E-state index in [0.29, 0.717) is 6.54 Å². The molecular formula is C16H33N4OV-. The summed E-state index contributed by atoms with van der Waals surface area (Å²) < 4.78 is 0. The Kier molecular flexibility index (Phi) is 13.3. The second kappa shape index (κ2) is 13.4. The minimum atomic E-state index is 0. The Morgan fingerprint density at radius 1 is 0.955 bits per heavy atom. The van der Waals surface area contributed by atoms with Crippen molar-refractivity contribution in [2.24, 2.45) is 0 Å². The van der Waals surface area contributed by atoms with Crippen LogP contribution in [0, 0.1) is 0 Å². The van der Waals surface area contributed by atoms with E-state index in [0.717, 1.165) is 52.4 Å². The van der Waals surface area contributed by atoms with Gasteiger partial charge in [-0.1, -0.05) is 27.2 Å². The number of piperazine rings is 2. The van der Waals surface area contributed by atoms with Gasteiger partial charge in [-0.2, -0.15) is 0 Å². The van der Waals surface area contributed by atoms with Crippen LogP contribution in [0.1, 0.15) is 33.6 Å². The molecule has 0 bridgehead atoms. The van der Waals surface area contributed by atoms with Crippen molar-refractivity contribution < 1.29 is 23.4 Å². The molecular weight excluding hydrogens is 315 g/mol. The number of amides is 1.